The number of hydrogen-bond acceptors (Lipinski definition) is 6. The van der Waals surface area contributed by atoms with Crippen molar-refractivity contribution in [3.8, 4) is 0 Å². The molecule has 0 aliphatic carbocycles. The Morgan fingerprint density at radius 2 is 0.444 bits per heavy atom. The number of carbonyl (C=O) groups is 3. The Labute approximate surface area is 505 Å². The topological polar surface area (TPSA) is 78.9 Å². The van der Waals surface area contributed by atoms with E-state index in [1.807, 2.05) is 0 Å². The summed E-state index contributed by atoms with van der Waals surface area (Å²) in [6.45, 7) is 6.66. The number of carbonyl (C=O) groups excluding carboxylic acids is 3. The van der Waals surface area contributed by atoms with Gasteiger partial charge >= 0.3 is 17.9 Å². The maximum Gasteiger partial charge on any atom is 0.306 e. The molecule has 0 aromatic carbocycles. The molecule has 6 heteroatoms. The van der Waals surface area contributed by atoms with E-state index in [-0.39, 0.29) is 31.1 Å². The summed E-state index contributed by atoms with van der Waals surface area (Å²) in [4.78, 5) is 38.3. The highest BCUT2D eigenvalue weighted by molar-refractivity contribution is 5.71. The van der Waals surface area contributed by atoms with Crippen LogP contribution < -0.4 is 0 Å². The van der Waals surface area contributed by atoms with Gasteiger partial charge < -0.3 is 14.2 Å². The summed E-state index contributed by atoms with van der Waals surface area (Å²) in [7, 11) is 0. The normalized spacial score (nSPS) is 12.3. The summed E-state index contributed by atoms with van der Waals surface area (Å²) in [5, 5.41) is 0. The molecule has 0 fully saturated rings. The molecule has 0 saturated carbocycles. The number of allylic oxidation sites excluding steroid dienone is 8. The molecule has 0 aliphatic rings. The average Bonchev–Trinajstić information content (AvgIpc) is 3.47. The number of esters is 3. The fourth-order valence-corrected chi connectivity index (χ4v) is 10.9. The van der Waals surface area contributed by atoms with Gasteiger partial charge in [0.25, 0.3) is 0 Å². The number of rotatable bonds is 67. The Kier molecular flexibility index (Phi) is 67.6. The molecule has 0 heterocycles. The monoisotopic (exact) mass is 1140 g/mol. The predicted molar refractivity (Wildman–Crippen MR) is 353 cm³/mol. The van der Waals surface area contributed by atoms with Crippen LogP contribution in [0.5, 0.6) is 0 Å². The van der Waals surface area contributed by atoms with E-state index < -0.39 is 6.10 Å². The van der Waals surface area contributed by atoms with Crippen molar-refractivity contribution in [3.05, 3.63) is 48.6 Å². The summed E-state index contributed by atoms with van der Waals surface area (Å²) in [6, 6.07) is 0. The van der Waals surface area contributed by atoms with Gasteiger partial charge in [0, 0.05) is 19.3 Å². The zero-order chi connectivity index (χ0) is 58.5. The van der Waals surface area contributed by atoms with Crippen LogP contribution in [0.2, 0.25) is 0 Å². The number of hydrogen-bond donors (Lipinski definition) is 0. The maximum absolute atomic E-state index is 12.9. The zero-order valence-electron chi connectivity index (χ0n) is 54.6. The Hall–Kier alpha value is -2.63. The van der Waals surface area contributed by atoms with Gasteiger partial charge in [0.2, 0.25) is 0 Å². The number of unbranched alkanes of at least 4 members (excludes halogenated alkanes) is 48. The van der Waals surface area contributed by atoms with Crippen molar-refractivity contribution in [3.63, 3.8) is 0 Å². The lowest BCUT2D eigenvalue weighted by Crippen LogP contribution is -2.30. The first-order chi connectivity index (χ1) is 40.0. The summed E-state index contributed by atoms with van der Waals surface area (Å²) in [5.41, 5.74) is 0. The van der Waals surface area contributed by atoms with Gasteiger partial charge in [0.05, 0.1) is 0 Å². The summed E-state index contributed by atoms with van der Waals surface area (Å²) in [5.74, 6) is -0.845. The first-order valence-electron chi connectivity index (χ1n) is 36.1. The van der Waals surface area contributed by atoms with Crippen molar-refractivity contribution in [2.24, 2.45) is 0 Å². The van der Waals surface area contributed by atoms with E-state index in [9.17, 15) is 14.4 Å². The van der Waals surface area contributed by atoms with Gasteiger partial charge in [-0.05, 0) is 83.5 Å². The van der Waals surface area contributed by atoms with Crippen molar-refractivity contribution in [2.45, 2.75) is 399 Å². The van der Waals surface area contributed by atoms with Crippen LogP contribution in [0.15, 0.2) is 48.6 Å². The van der Waals surface area contributed by atoms with E-state index in [1.54, 1.807) is 0 Å². The highest BCUT2D eigenvalue weighted by atomic mass is 16.6. The molecule has 0 bridgehead atoms. The van der Waals surface area contributed by atoms with Gasteiger partial charge in [-0.1, -0.05) is 339 Å². The third-order valence-corrected chi connectivity index (χ3v) is 16.3. The molecular weight excluding hydrogens is 997 g/mol. The lowest BCUT2D eigenvalue weighted by Gasteiger charge is -2.18. The Morgan fingerprint density at radius 3 is 0.679 bits per heavy atom. The van der Waals surface area contributed by atoms with E-state index in [0.717, 1.165) is 70.6 Å². The van der Waals surface area contributed by atoms with Gasteiger partial charge in [0.15, 0.2) is 6.10 Å². The molecule has 81 heavy (non-hydrogen) atoms. The zero-order valence-corrected chi connectivity index (χ0v) is 54.6. The number of ether oxygens (including phenoxy) is 3. The third-order valence-electron chi connectivity index (χ3n) is 16.3. The smallest absolute Gasteiger partial charge is 0.306 e. The molecular formula is C75H138O6. The molecule has 0 aromatic rings. The summed E-state index contributed by atoms with van der Waals surface area (Å²) >= 11 is 0. The minimum atomic E-state index is -0.770. The van der Waals surface area contributed by atoms with Crippen LogP contribution >= 0.6 is 0 Å². The van der Waals surface area contributed by atoms with Gasteiger partial charge in [0.1, 0.15) is 13.2 Å². The van der Waals surface area contributed by atoms with Crippen LogP contribution in [0.3, 0.4) is 0 Å². The molecule has 0 aromatic heterocycles. The van der Waals surface area contributed by atoms with Gasteiger partial charge in [-0.3, -0.25) is 14.4 Å². The van der Waals surface area contributed by atoms with Crippen LogP contribution in [-0.4, -0.2) is 37.2 Å². The highest BCUT2D eigenvalue weighted by Gasteiger charge is 2.19. The van der Waals surface area contributed by atoms with Crippen LogP contribution in [0.4, 0.5) is 0 Å². The lowest BCUT2D eigenvalue weighted by molar-refractivity contribution is -0.167. The minimum absolute atomic E-state index is 0.0679. The molecule has 0 amide bonds. The van der Waals surface area contributed by atoms with Crippen LogP contribution in [0.1, 0.15) is 393 Å². The second-order valence-corrected chi connectivity index (χ2v) is 24.5. The van der Waals surface area contributed by atoms with E-state index >= 15 is 0 Å². The Balaban J connectivity index is 4.11. The predicted octanol–water partition coefficient (Wildman–Crippen LogP) is 24.9. The fraction of sp³-hybridized carbons (Fsp3) is 0.853. The molecule has 0 radical (unpaired) electrons. The molecule has 0 saturated heterocycles. The van der Waals surface area contributed by atoms with E-state index in [0.29, 0.717) is 19.3 Å². The van der Waals surface area contributed by atoms with E-state index in [2.05, 4.69) is 69.4 Å². The van der Waals surface area contributed by atoms with Crippen molar-refractivity contribution in [1.29, 1.82) is 0 Å². The Morgan fingerprint density at radius 1 is 0.247 bits per heavy atom. The van der Waals surface area contributed by atoms with E-state index in [1.165, 1.54) is 283 Å². The van der Waals surface area contributed by atoms with Gasteiger partial charge in [-0.15, -0.1) is 0 Å². The standard InChI is InChI=1S/C75H138O6/c1-4-7-10-13-16-19-21-23-25-27-29-31-33-35-37-39-41-43-45-47-49-51-53-56-59-62-65-68-74(77)80-71-72(70-79-73(76)67-64-61-58-55-18-15-12-9-6-3)81-75(78)69-66-63-60-57-54-52-50-48-46-44-42-40-38-36-34-32-30-28-26-24-22-20-17-14-11-8-5-2/h21-24,27-30,72H,4-20,25-26,31-71H2,1-3H3/b23-21-,24-22-,29-27-,30-28-. The lowest BCUT2D eigenvalue weighted by atomic mass is 10.0. The third kappa shape index (κ3) is 68.0. The quantitative estimate of drug-likeness (QED) is 0.0261. The minimum Gasteiger partial charge on any atom is -0.462 e. The second-order valence-electron chi connectivity index (χ2n) is 24.5. The van der Waals surface area contributed by atoms with Crippen LogP contribution in [0.25, 0.3) is 0 Å². The molecule has 474 valence electrons. The molecule has 6 nitrogen and oxygen atoms in total. The van der Waals surface area contributed by atoms with Crippen LogP contribution in [0, 0.1) is 0 Å². The second kappa shape index (κ2) is 69.9. The largest absolute Gasteiger partial charge is 0.462 e. The van der Waals surface area contributed by atoms with E-state index in [4.69, 9.17) is 14.2 Å². The summed E-state index contributed by atoms with van der Waals surface area (Å²) < 4.78 is 17.0. The first kappa shape index (κ1) is 78.4. The van der Waals surface area contributed by atoms with Crippen LogP contribution in [-0.2, 0) is 28.6 Å². The molecule has 1 atom stereocenters. The first-order valence-corrected chi connectivity index (χ1v) is 36.1. The van der Waals surface area contributed by atoms with Crippen molar-refractivity contribution in [1.82, 2.24) is 0 Å². The molecule has 0 spiro atoms. The van der Waals surface area contributed by atoms with Gasteiger partial charge in [-0.25, -0.2) is 0 Å². The van der Waals surface area contributed by atoms with Crippen molar-refractivity contribution >= 4 is 17.9 Å². The van der Waals surface area contributed by atoms with Crippen molar-refractivity contribution in [2.75, 3.05) is 13.2 Å². The Bertz CT molecular complexity index is 1400. The maximum atomic E-state index is 12.9. The molecule has 1 unspecified atom stereocenters. The highest BCUT2D eigenvalue weighted by Crippen LogP contribution is 2.18. The SMILES string of the molecule is CCCCCCC/C=C\C/C=C\CCCCCCCCCCCCCCCCCC(=O)OCC(COC(=O)CCCCCCCCCCC)OC(=O)CCCCCCCCCCCCCCCCC/C=C\C/C=C\CCCCCCC. The fourth-order valence-electron chi connectivity index (χ4n) is 10.9. The summed E-state index contributed by atoms with van der Waals surface area (Å²) in [6.07, 6.45) is 88.7. The van der Waals surface area contributed by atoms with Gasteiger partial charge in [-0.2, -0.15) is 0 Å². The van der Waals surface area contributed by atoms with Crippen molar-refractivity contribution < 1.29 is 28.6 Å². The molecule has 0 aliphatic heterocycles. The molecule has 0 N–H and O–H groups in total. The average molecular weight is 1140 g/mol. The molecule has 0 rings (SSSR count).